The lowest BCUT2D eigenvalue weighted by Gasteiger charge is -2.30. The molecule has 0 atom stereocenters. The van der Waals surface area contributed by atoms with Gasteiger partial charge >= 0.3 is 10.2 Å². The largest absolute Gasteiger partial charge is 0.330 e. The van der Waals surface area contributed by atoms with E-state index in [1.165, 1.54) is 16.4 Å². The van der Waals surface area contributed by atoms with Crippen molar-refractivity contribution in [1.29, 1.82) is 0 Å². The van der Waals surface area contributed by atoms with Gasteiger partial charge in [-0.1, -0.05) is 11.6 Å². The number of nitrogens with two attached hydrogens (primary N) is 1. The summed E-state index contributed by atoms with van der Waals surface area (Å²) >= 11 is 5.63. The molecule has 0 amide bonds. The van der Waals surface area contributed by atoms with Crippen LogP contribution < -0.4 is 10.5 Å². The quantitative estimate of drug-likeness (QED) is 0.888. The highest BCUT2D eigenvalue weighted by atomic mass is 35.5. The summed E-state index contributed by atoms with van der Waals surface area (Å²) in [6, 6.07) is 3.81. The van der Waals surface area contributed by atoms with Crippen molar-refractivity contribution in [2.75, 3.05) is 24.4 Å². The monoisotopic (exact) mass is 321 g/mol. The van der Waals surface area contributed by atoms with Crippen molar-refractivity contribution in [3.63, 3.8) is 0 Å². The van der Waals surface area contributed by atoms with Crippen LogP contribution in [0.2, 0.25) is 5.02 Å². The van der Waals surface area contributed by atoms with E-state index in [-0.39, 0.29) is 10.7 Å². The molecule has 5 nitrogen and oxygen atoms in total. The fraction of sp³-hybridized carbons (Fsp3) is 0.500. The Balaban J connectivity index is 2.08. The van der Waals surface area contributed by atoms with Crippen LogP contribution in [0.4, 0.5) is 10.1 Å². The summed E-state index contributed by atoms with van der Waals surface area (Å²) in [5, 5.41) is 0.217. The first-order chi connectivity index (χ1) is 9.42. The summed E-state index contributed by atoms with van der Waals surface area (Å²) in [5.41, 5.74) is 5.47. The van der Waals surface area contributed by atoms with E-state index in [0.29, 0.717) is 25.6 Å². The molecule has 1 aromatic carbocycles. The normalized spacial score (nSPS) is 18.1. The molecule has 0 unspecified atom stereocenters. The van der Waals surface area contributed by atoms with Crippen LogP contribution in [0.1, 0.15) is 12.8 Å². The maximum Gasteiger partial charge on any atom is 0.301 e. The van der Waals surface area contributed by atoms with E-state index in [9.17, 15) is 12.8 Å². The van der Waals surface area contributed by atoms with Gasteiger partial charge in [0.05, 0.1) is 5.69 Å². The average molecular weight is 322 g/mol. The van der Waals surface area contributed by atoms with Crippen molar-refractivity contribution in [1.82, 2.24) is 4.31 Å². The number of halogens is 2. The van der Waals surface area contributed by atoms with E-state index in [0.717, 1.165) is 18.9 Å². The van der Waals surface area contributed by atoms with E-state index in [4.69, 9.17) is 17.3 Å². The molecule has 1 fully saturated rings. The maximum absolute atomic E-state index is 13.6. The molecular formula is C12H17ClFN3O2S. The molecule has 3 N–H and O–H groups in total. The summed E-state index contributed by atoms with van der Waals surface area (Å²) in [5.74, 6) is -0.341. The van der Waals surface area contributed by atoms with Gasteiger partial charge in [0.1, 0.15) is 5.82 Å². The second kappa shape index (κ2) is 6.26. The molecule has 2 rings (SSSR count). The number of piperidine rings is 1. The molecule has 8 heteroatoms. The second-order valence-electron chi connectivity index (χ2n) is 4.81. The van der Waals surface area contributed by atoms with E-state index in [2.05, 4.69) is 4.72 Å². The van der Waals surface area contributed by atoms with E-state index in [1.807, 2.05) is 0 Å². The summed E-state index contributed by atoms with van der Waals surface area (Å²) in [6.45, 7) is 1.35. The average Bonchev–Trinajstić information content (AvgIpc) is 2.42. The molecule has 0 aliphatic carbocycles. The van der Waals surface area contributed by atoms with Crippen LogP contribution in [-0.4, -0.2) is 32.4 Å². The molecule has 0 spiro atoms. The Morgan fingerprint density at radius 3 is 2.60 bits per heavy atom. The van der Waals surface area contributed by atoms with Crippen molar-refractivity contribution in [2.45, 2.75) is 12.8 Å². The van der Waals surface area contributed by atoms with E-state index >= 15 is 0 Å². The molecule has 1 aliphatic heterocycles. The van der Waals surface area contributed by atoms with E-state index in [1.54, 1.807) is 0 Å². The summed E-state index contributed by atoms with van der Waals surface area (Å²) in [7, 11) is -3.74. The molecule has 0 bridgehead atoms. The van der Waals surface area contributed by atoms with Gasteiger partial charge in [-0.15, -0.1) is 0 Å². The van der Waals surface area contributed by atoms with Crippen molar-refractivity contribution < 1.29 is 12.8 Å². The van der Waals surface area contributed by atoms with Crippen LogP contribution in [0.3, 0.4) is 0 Å². The molecular weight excluding hydrogens is 305 g/mol. The lowest BCUT2D eigenvalue weighted by molar-refractivity contribution is 0.280. The van der Waals surface area contributed by atoms with Gasteiger partial charge in [0.15, 0.2) is 0 Å². The van der Waals surface area contributed by atoms with Crippen molar-refractivity contribution in [3.05, 3.63) is 29.0 Å². The molecule has 1 aliphatic rings. The summed E-state index contributed by atoms with van der Waals surface area (Å²) in [4.78, 5) is 0. The Labute approximate surface area is 123 Å². The fourth-order valence-corrected chi connectivity index (χ4v) is 3.58. The van der Waals surface area contributed by atoms with Gasteiger partial charge in [-0.05, 0) is 43.5 Å². The minimum absolute atomic E-state index is 0.102. The Morgan fingerprint density at radius 1 is 1.40 bits per heavy atom. The molecule has 0 saturated carbocycles. The molecule has 112 valence electrons. The van der Waals surface area contributed by atoms with Gasteiger partial charge in [-0.3, -0.25) is 4.72 Å². The Bertz CT molecular complexity index is 574. The third kappa shape index (κ3) is 3.60. The van der Waals surface area contributed by atoms with Crippen LogP contribution in [0.25, 0.3) is 0 Å². The third-order valence-corrected chi connectivity index (χ3v) is 5.17. The smallest absolute Gasteiger partial charge is 0.301 e. The van der Waals surface area contributed by atoms with Crippen LogP contribution in [0.15, 0.2) is 18.2 Å². The number of hydrogen-bond acceptors (Lipinski definition) is 3. The van der Waals surface area contributed by atoms with Crippen LogP contribution in [0.5, 0.6) is 0 Å². The highest BCUT2D eigenvalue weighted by molar-refractivity contribution is 7.90. The molecule has 1 saturated heterocycles. The van der Waals surface area contributed by atoms with Gasteiger partial charge < -0.3 is 5.73 Å². The Kier molecular flexibility index (Phi) is 4.85. The SMILES string of the molecule is NCC1CCN(S(=O)(=O)Nc2ccc(Cl)cc2F)CC1. The predicted molar refractivity (Wildman–Crippen MR) is 77.3 cm³/mol. The number of rotatable bonds is 4. The standard InChI is InChI=1S/C12H17ClFN3O2S/c13-10-1-2-12(11(14)7-10)16-20(18,19)17-5-3-9(8-15)4-6-17/h1-2,7,9,16H,3-6,8,15H2. The Hall–Kier alpha value is -0.890. The minimum atomic E-state index is -3.74. The zero-order valence-corrected chi connectivity index (χ0v) is 12.4. The molecule has 1 heterocycles. The second-order valence-corrected chi connectivity index (χ2v) is 6.92. The van der Waals surface area contributed by atoms with Crippen molar-refractivity contribution in [3.8, 4) is 0 Å². The molecule has 0 radical (unpaired) electrons. The highest BCUT2D eigenvalue weighted by Gasteiger charge is 2.28. The van der Waals surface area contributed by atoms with Gasteiger partial charge in [-0.2, -0.15) is 12.7 Å². The van der Waals surface area contributed by atoms with Crippen LogP contribution >= 0.6 is 11.6 Å². The lowest BCUT2D eigenvalue weighted by Crippen LogP contribution is -2.42. The van der Waals surface area contributed by atoms with E-state index < -0.39 is 16.0 Å². The Morgan fingerprint density at radius 2 is 2.05 bits per heavy atom. The molecule has 20 heavy (non-hydrogen) atoms. The minimum Gasteiger partial charge on any atom is -0.330 e. The molecule has 1 aromatic rings. The fourth-order valence-electron chi connectivity index (χ4n) is 2.16. The first kappa shape index (κ1) is 15.5. The van der Waals surface area contributed by atoms with Gasteiger partial charge in [0.25, 0.3) is 0 Å². The number of nitrogens with zero attached hydrogens (tertiary/aromatic N) is 1. The summed E-state index contributed by atoms with van der Waals surface area (Å²) < 4.78 is 41.5. The lowest BCUT2D eigenvalue weighted by atomic mass is 9.99. The first-order valence-corrected chi connectivity index (χ1v) is 8.17. The zero-order chi connectivity index (χ0) is 14.8. The number of nitrogens with one attached hydrogen (secondary N) is 1. The highest BCUT2D eigenvalue weighted by Crippen LogP contribution is 2.23. The van der Waals surface area contributed by atoms with Gasteiger partial charge in [0, 0.05) is 18.1 Å². The first-order valence-electron chi connectivity index (χ1n) is 6.35. The number of anilines is 1. The van der Waals surface area contributed by atoms with Gasteiger partial charge in [0.2, 0.25) is 0 Å². The van der Waals surface area contributed by atoms with Crippen molar-refractivity contribution in [2.24, 2.45) is 11.7 Å². The van der Waals surface area contributed by atoms with Gasteiger partial charge in [-0.25, -0.2) is 4.39 Å². The number of hydrogen-bond donors (Lipinski definition) is 2. The zero-order valence-electron chi connectivity index (χ0n) is 10.9. The van der Waals surface area contributed by atoms with Crippen molar-refractivity contribution >= 4 is 27.5 Å². The molecule has 0 aromatic heterocycles. The third-order valence-electron chi connectivity index (χ3n) is 3.42. The summed E-state index contributed by atoms with van der Waals surface area (Å²) in [6.07, 6.45) is 1.45. The topological polar surface area (TPSA) is 75.4 Å². The number of benzene rings is 1. The van der Waals surface area contributed by atoms with Crippen LogP contribution in [-0.2, 0) is 10.2 Å². The van der Waals surface area contributed by atoms with Crippen LogP contribution in [0, 0.1) is 11.7 Å². The maximum atomic E-state index is 13.6. The predicted octanol–water partition coefficient (Wildman–Crippen LogP) is 1.81.